The summed E-state index contributed by atoms with van der Waals surface area (Å²) in [6, 6.07) is 7.42. The minimum absolute atomic E-state index is 0.0248. The predicted octanol–water partition coefficient (Wildman–Crippen LogP) is 0.999. The molecule has 0 bridgehead atoms. The van der Waals surface area contributed by atoms with Crippen molar-refractivity contribution in [3.05, 3.63) is 24.3 Å². The number of anilines is 1. The number of hydrogen-bond donors (Lipinski definition) is 1. The van der Waals surface area contributed by atoms with E-state index in [0.717, 1.165) is 18.7 Å². The van der Waals surface area contributed by atoms with Crippen LogP contribution in [-0.2, 0) is 9.59 Å². The summed E-state index contributed by atoms with van der Waals surface area (Å²) in [5.41, 5.74) is 6.55. The highest BCUT2D eigenvalue weighted by Gasteiger charge is 2.35. The molecule has 0 radical (unpaired) electrons. The molecule has 2 heterocycles. The van der Waals surface area contributed by atoms with Crippen molar-refractivity contribution >= 4 is 17.5 Å². The molecule has 1 fully saturated rings. The first-order valence-corrected chi connectivity index (χ1v) is 8.02. The molecule has 2 amide bonds. The number of benzene rings is 1. The van der Waals surface area contributed by atoms with Crippen molar-refractivity contribution in [2.24, 2.45) is 11.1 Å². The number of nitrogens with zero attached hydrogens (tertiary/aromatic N) is 2. The first kappa shape index (κ1) is 15.8. The Bertz CT molecular complexity index is 619. The summed E-state index contributed by atoms with van der Waals surface area (Å²) in [6.07, 6.45) is 1.26. The van der Waals surface area contributed by atoms with E-state index >= 15 is 0 Å². The fraction of sp³-hybridized carbons (Fsp3) is 0.529. The van der Waals surface area contributed by atoms with Gasteiger partial charge in [-0.2, -0.15) is 0 Å². The van der Waals surface area contributed by atoms with E-state index in [2.05, 4.69) is 6.92 Å². The zero-order chi connectivity index (χ0) is 16.4. The standard InChI is InChI=1S/C17H23N3O3/c1-17(11-18)7-9-19(12-17)15(21)6-8-20-13-4-2-3-5-14(13)23-10-16(20)22/h2-5H,6-12,18H2,1H3. The van der Waals surface area contributed by atoms with E-state index < -0.39 is 0 Å². The monoisotopic (exact) mass is 317 g/mol. The molecule has 2 aliphatic rings. The van der Waals surface area contributed by atoms with Crippen LogP contribution < -0.4 is 15.4 Å². The van der Waals surface area contributed by atoms with Gasteiger partial charge in [-0.15, -0.1) is 0 Å². The first-order valence-electron chi connectivity index (χ1n) is 8.02. The van der Waals surface area contributed by atoms with Crippen molar-refractivity contribution < 1.29 is 14.3 Å². The molecule has 23 heavy (non-hydrogen) atoms. The number of nitrogens with two attached hydrogens (primary N) is 1. The molecule has 1 unspecified atom stereocenters. The Labute approximate surface area is 136 Å². The van der Waals surface area contributed by atoms with Crippen LogP contribution in [0.5, 0.6) is 5.75 Å². The van der Waals surface area contributed by atoms with Crippen LogP contribution in [0.1, 0.15) is 19.8 Å². The number of amides is 2. The number of carbonyl (C=O) groups is 2. The Morgan fingerprint density at radius 2 is 2.17 bits per heavy atom. The van der Waals surface area contributed by atoms with Crippen LogP contribution in [0.4, 0.5) is 5.69 Å². The van der Waals surface area contributed by atoms with Crippen LogP contribution >= 0.6 is 0 Å². The lowest BCUT2D eigenvalue weighted by atomic mass is 9.90. The summed E-state index contributed by atoms with van der Waals surface area (Å²) in [5, 5.41) is 0. The zero-order valence-electron chi connectivity index (χ0n) is 13.5. The number of likely N-dealkylation sites (tertiary alicyclic amines) is 1. The van der Waals surface area contributed by atoms with Crippen LogP contribution in [-0.4, -0.2) is 49.5 Å². The Morgan fingerprint density at radius 3 is 2.91 bits per heavy atom. The van der Waals surface area contributed by atoms with Crippen LogP contribution in [0.25, 0.3) is 0 Å². The van der Waals surface area contributed by atoms with Gasteiger partial charge in [0, 0.05) is 26.1 Å². The number of ether oxygens (including phenoxy) is 1. The molecule has 0 saturated carbocycles. The molecule has 6 heteroatoms. The number of rotatable bonds is 4. The summed E-state index contributed by atoms with van der Waals surface area (Å²) in [7, 11) is 0. The van der Waals surface area contributed by atoms with Gasteiger partial charge in [-0.1, -0.05) is 19.1 Å². The van der Waals surface area contributed by atoms with Crippen molar-refractivity contribution in [1.29, 1.82) is 0 Å². The molecule has 2 aliphatic heterocycles. The third-order valence-electron chi connectivity index (χ3n) is 4.76. The second-order valence-corrected chi connectivity index (χ2v) is 6.63. The van der Waals surface area contributed by atoms with E-state index in [4.69, 9.17) is 10.5 Å². The van der Waals surface area contributed by atoms with Crippen molar-refractivity contribution in [2.75, 3.05) is 37.7 Å². The van der Waals surface area contributed by atoms with Crippen molar-refractivity contribution in [1.82, 2.24) is 4.90 Å². The lowest BCUT2D eigenvalue weighted by Gasteiger charge is -2.30. The van der Waals surface area contributed by atoms with E-state index in [-0.39, 0.29) is 23.8 Å². The highest BCUT2D eigenvalue weighted by Crippen LogP contribution is 2.32. The van der Waals surface area contributed by atoms with E-state index in [9.17, 15) is 9.59 Å². The molecule has 3 rings (SSSR count). The maximum atomic E-state index is 12.4. The second-order valence-electron chi connectivity index (χ2n) is 6.63. The Hall–Kier alpha value is -2.08. The van der Waals surface area contributed by atoms with Gasteiger partial charge < -0.3 is 20.3 Å². The fourth-order valence-corrected chi connectivity index (χ4v) is 3.17. The molecular weight excluding hydrogens is 294 g/mol. The molecule has 0 aromatic heterocycles. The van der Waals surface area contributed by atoms with E-state index in [1.54, 1.807) is 4.90 Å². The van der Waals surface area contributed by atoms with Gasteiger partial charge in [-0.3, -0.25) is 9.59 Å². The molecule has 124 valence electrons. The highest BCUT2D eigenvalue weighted by atomic mass is 16.5. The third kappa shape index (κ3) is 3.17. The van der Waals surface area contributed by atoms with Gasteiger partial charge >= 0.3 is 0 Å². The van der Waals surface area contributed by atoms with Crippen LogP contribution in [0.2, 0.25) is 0 Å². The molecule has 1 aromatic carbocycles. The number of para-hydroxylation sites is 2. The first-order chi connectivity index (χ1) is 11.0. The van der Waals surface area contributed by atoms with Crippen molar-refractivity contribution in [3.63, 3.8) is 0 Å². The SMILES string of the molecule is CC1(CN)CCN(C(=O)CCN2C(=O)COc3ccccc32)C1. The Balaban J connectivity index is 1.62. The van der Waals surface area contributed by atoms with Gasteiger partial charge in [0.25, 0.3) is 5.91 Å². The smallest absolute Gasteiger partial charge is 0.265 e. The Kier molecular flexibility index (Phi) is 4.26. The maximum absolute atomic E-state index is 12.4. The highest BCUT2D eigenvalue weighted by molar-refractivity contribution is 5.98. The lowest BCUT2D eigenvalue weighted by Crippen LogP contribution is -2.42. The average molecular weight is 317 g/mol. The van der Waals surface area contributed by atoms with Crippen molar-refractivity contribution in [3.8, 4) is 5.75 Å². The van der Waals surface area contributed by atoms with Gasteiger partial charge in [0.05, 0.1) is 5.69 Å². The van der Waals surface area contributed by atoms with Gasteiger partial charge in [-0.25, -0.2) is 0 Å². The normalized spacial score (nSPS) is 23.7. The topological polar surface area (TPSA) is 75.9 Å². The molecule has 2 N–H and O–H groups in total. The average Bonchev–Trinajstić information content (AvgIpc) is 2.97. The van der Waals surface area contributed by atoms with Gasteiger partial charge in [0.1, 0.15) is 5.75 Å². The second kappa shape index (κ2) is 6.20. The lowest BCUT2D eigenvalue weighted by molar-refractivity contribution is -0.130. The number of fused-ring (bicyclic) bond motifs is 1. The quantitative estimate of drug-likeness (QED) is 0.899. The number of hydrogen-bond acceptors (Lipinski definition) is 4. The van der Waals surface area contributed by atoms with Gasteiger partial charge in [-0.05, 0) is 30.5 Å². The third-order valence-corrected chi connectivity index (χ3v) is 4.76. The summed E-state index contributed by atoms with van der Waals surface area (Å²) >= 11 is 0. The Morgan fingerprint density at radius 1 is 1.39 bits per heavy atom. The molecule has 1 saturated heterocycles. The fourth-order valence-electron chi connectivity index (χ4n) is 3.17. The minimum Gasteiger partial charge on any atom is -0.482 e. The zero-order valence-corrected chi connectivity index (χ0v) is 13.5. The molecular formula is C17H23N3O3. The molecule has 1 atom stereocenters. The van der Waals surface area contributed by atoms with Crippen LogP contribution in [0.3, 0.4) is 0 Å². The maximum Gasteiger partial charge on any atom is 0.265 e. The van der Waals surface area contributed by atoms with Crippen LogP contribution in [0, 0.1) is 5.41 Å². The molecule has 1 aromatic rings. The van der Waals surface area contributed by atoms with Crippen molar-refractivity contribution in [2.45, 2.75) is 19.8 Å². The minimum atomic E-state index is -0.107. The summed E-state index contributed by atoms with van der Waals surface area (Å²) in [4.78, 5) is 28.0. The molecule has 6 nitrogen and oxygen atoms in total. The van der Waals surface area contributed by atoms with E-state index in [1.165, 1.54) is 0 Å². The largest absolute Gasteiger partial charge is 0.482 e. The molecule has 0 spiro atoms. The predicted molar refractivity (Wildman–Crippen MR) is 87.3 cm³/mol. The van der Waals surface area contributed by atoms with Crippen LogP contribution in [0.15, 0.2) is 24.3 Å². The van der Waals surface area contributed by atoms with E-state index in [0.29, 0.717) is 31.8 Å². The molecule has 0 aliphatic carbocycles. The summed E-state index contributed by atoms with van der Waals surface area (Å²) < 4.78 is 5.41. The van der Waals surface area contributed by atoms with Gasteiger partial charge in [0.2, 0.25) is 5.91 Å². The number of carbonyl (C=O) groups excluding carboxylic acids is 2. The summed E-state index contributed by atoms with van der Waals surface area (Å²) in [5.74, 6) is 0.667. The van der Waals surface area contributed by atoms with E-state index in [1.807, 2.05) is 29.2 Å². The summed E-state index contributed by atoms with van der Waals surface area (Å²) in [6.45, 7) is 4.57. The van der Waals surface area contributed by atoms with Gasteiger partial charge in [0.15, 0.2) is 6.61 Å².